The van der Waals surface area contributed by atoms with Crippen molar-refractivity contribution in [1.82, 2.24) is 35.0 Å². The van der Waals surface area contributed by atoms with E-state index in [1.165, 1.54) is 28.6 Å². The molecule has 0 radical (unpaired) electrons. The number of piperazine rings is 1. The number of benzene rings is 4. The van der Waals surface area contributed by atoms with Crippen molar-refractivity contribution in [1.29, 1.82) is 5.26 Å². The number of rotatable bonds is 17. The molecule has 16 nitrogen and oxygen atoms in total. The van der Waals surface area contributed by atoms with Gasteiger partial charge in [-0.2, -0.15) is 25.3 Å². The summed E-state index contributed by atoms with van der Waals surface area (Å²) in [7, 11) is 1.70. The number of hydrazone groups is 1. The minimum absolute atomic E-state index is 0.0130. The first kappa shape index (κ1) is 56.9. The van der Waals surface area contributed by atoms with Crippen molar-refractivity contribution in [2.45, 2.75) is 108 Å². The molecule has 418 valence electrons. The Balaban J connectivity index is 0.910. The van der Waals surface area contributed by atoms with Crippen LogP contribution in [0.25, 0.3) is 10.8 Å². The zero-order chi connectivity index (χ0) is 56.0. The smallest absolute Gasteiger partial charge is 0.407 e. The van der Waals surface area contributed by atoms with Gasteiger partial charge in [0.15, 0.2) is 6.17 Å². The lowest BCUT2D eigenvalue weighted by atomic mass is 10.0. The van der Waals surface area contributed by atoms with Gasteiger partial charge in [-0.25, -0.2) is 22.8 Å². The number of carbonyl (C=O) groups is 3. The number of carbonyl (C=O) groups excluding carboxylic acids is 3. The van der Waals surface area contributed by atoms with Crippen LogP contribution < -0.4 is 19.9 Å². The summed E-state index contributed by atoms with van der Waals surface area (Å²) >= 11 is 7.99. The molecule has 4 aliphatic heterocycles. The Bertz CT molecular complexity index is 3110. The number of amides is 4. The molecule has 4 aromatic carbocycles. The van der Waals surface area contributed by atoms with Crippen molar-refractivity contribution >= 4 is 68.7 Å². The van der Waals surface area contributed by atoms with Gasteiger partial charge in [-0.05, 0) is 114 Å². The molecule has 4 atom stereocenters. The molecule has 4 aliphatic rings. The lowest BCUT2D eigenvalue weighted by molar-refractivity contribution is -0.138. The molecule has 5 aromatic rings. The first-order valence-corrected chi connectivity index (χ1v) is 28.2. The number of fused-ring (bicyclic) bond motifs is 2. The summed E-state index contributed by atoms with van der Waals surface area (Å²) in [5.41, 5.74) is 2.70. The maximum absolute atomic E-state index is 15.5. The average Bonchev–Trinajstić information content (AvgIpc) is 4.27. The number of aromatic nitrogens is 2. The number of hydrogen-bond acceptors (Lipinski definition) is 13. The van der Waals surface area contributed by atoms with Crippen LogP contribution >= 0.6 is 23.4 Å². The molecule has 5 heterocycles. The Kier molecular flexibility index (Phi) is 17.8. The molecule has 1 unspecified atom stereocenters. The van der Waals surface area contributed by atoms with Crippen LogP contribution in [0.15, 0.2) is 90.0 Å². The number of anilines is 2. The van der Waals surface area contributed by atoms with Gasteiger partial charge < -0.3 is 34.4 Å². The van der Waals surface area contributed by atoms with Crippen molar-refractivity contribution in [2.75, 3.05) is 75.8 Å². The predicted octanol–water partition coefficient (Wildman–Crippen LogP) is 10.3. The number of likely N-dealkylation sites (tertiary alicyclic amines) is 1. The summed E-state index contributed by atoms with van der Waals surface area (Å²) in [5, 5.41) is 21.5. The SMILES string of the molecule is CC(F)C(=O)N1CCN(c2nc(OC[C@@H]3CCCN3CCCN(C)C(=O)N3N=C(c4cc(F)ccc4F)S[C@@]3(CCCNC(=O)OC(C)(C)C)c3ccccc3)nc3c2CCN(c2cccc4cccc(Cl)c24)C3)C[C@@H]1CC#N. The van der Waals surface area contributed by atoms with Crippen molar-refractivity contribution in [3.63, 3.8) is 0 Å². The van der Waals surface area contributed by atoms with Crippen molar-refractivity contribution in [3.05, 3.63) is 124 Å². The van der Waals surface area contributed by atoms with Crippen LogP contribution in [-0.4, -0.2) is 143 Å². The first-order valence-electron chi connectivity index (χ1n) is 27.0. The molecule has 21 heteroatoms. The fourth-order valence-corrected chi connectivity index (χ4v) is 12.7. The lowest BCUT2D eigenvalue weighted by Gasteiger charge is -2.42. The van der Waals surface area contributed by atoms with E-state index in [-0.39, 0.29) is 42.2 Å². The third kappa shape index (κ3) is 13.0. The summed E-state index contributed by atoms with van der Waals surface area (Å²) in [6.45, 7) is 10.9. The highest BCUT2D eigenvalue weighted by atomic mass is 35.5. The maximum Gasteiger partial charge on any atom is 0.407 e. The van der Waals surface area contributed by atoms with E-state index in [2.05, 4.69) is 32.2 Å². The van der Waals surface area contributed by atoms with Crippen LogP contribution in [0, 0.1) is 23.0 Å². The summed E-state index contributed by atoms with van der Waals surface area (Å²) in [4.78, 5) is 59.1. The second kappa shape index (κ2) is 24.7. The van der Waals surface area contributed by atoms with E-state index in [4.69, 9.17) is 36.1 Å². The highest BCUT2D eigenvalue weighted by Crippen LogP contribution is 2.51. The number of ether oxygens (including phenoxy) is 2. The topological polar surface area (TPSA) is 163 Å². The van der Waals surface area contributed by atoms with E-state index in [0.717, 1.165) is 70.9 Å². The Labute approximate surface area is 468 Å². The standard InChI is InChI=1S/C58H67ClF3N11O5S/c1-38(60)53(74)72-33-32-71(35-42(72)23-26-63)51-44-24-31-70(49-20-10-15-39-14-9-19-46(59)50(39)49)36-48(44)65-54(66-51)77-37-43-18-11-29-69(43)30-13-28-68(5)56(76)73-58(40-16-7-6-8-17-40,25-12-27-64-55(75)78-57(2,3)4)79-52(67-73)45-34-41(61)21-22-47(45)62/h6-10,14-17,19-22,34,38,42-43H,11-13,18,23-25,27-33,35-37H2,1-5H3,(H,64,75)/t38?,42-,43-,58-/m0/s1. The number of nitrogens with zero attached hydrogens (tertiary/aromatic N) is 10. The minimum atomic E-state index is -1.69. The van der Waals surface area contributed by atoms with Crippen LogP contribution in [0.3, 0.4) is 0 Å². The van der Waals surface area contributed by atoms with E-state index in [1.807, 2.05) is 60.7 Å². The highest BCUT2D eigenvalue weighted by Gasteiger charge is 2.50. The average molecular weight is 1120 g/mol. The maximum atomic E-state index is 15.5. The second-order valence-electron chi connectivity index (χ2n) is 21.5. The fraction of sp³-hybridized carbons (Fsp3) is 0.466. The second-order valence-corrected chi connectivity index (χ2v) is 23.2. The van der Waals surface area contributed by atoms with E-state index < -0.39 is 52.4 Å². The molecule has 4 amide bonds. The quantitative estimate of drug-likeness (QED) is 0.0879. The van der Waals surface area contributed by atoms with Gasteiger partial charge in [0.1, 0.15) is 39.6 Å². The van der Waals surface area contributed by atoms with Gasteiger partial charge in [0.2, 0.25) is 0 Å². The molecular weight excluding hydrogens is 1060 g/mol. The third-order valence-electron chi connectivity index (χ3n) is 14.8. The van der Waals surface area contributed by atoms with Gasteiger partial charge in [0.25, 0.3) is 5.91 Å². The Morgan fingerprint density at radius 3 is 2.52 bits per heavy atom. The minimum Gasteiger partial charge on any atom is -0.462 e. The van der Waals surface area contributed by atoms with Gasteiger partial charge in [0, 0.05) is 81.1 Å². The van der Waals surface area contributed by atoms with E-state index >= 15 is 4.39 Å². The molecule has 2 fully saturated rings. The van der Waals surface area contributed by atoms with E-state index in [0.29, 0.717) is 82.4 Å². The molecule has 1 aromatic heterocycles. The summed E-state index contributed by atoms with van der Waals surface area (Å²) in [6, 6.07) is 25.9. The number of alkyl carbamates (subject to hydrolysis) is 1. The van der Waals surface area contributed by atoms with Crippen LogP contribution in [0.1, 0.15) is 88.6 Å². The van der Waals surface area contributed by atoms with Crippen molar-refractivity contribution < 1.29 is 37.0 Å². The largest absolute Gasteiger partial charge is 0.462 e. The molecule has 1 N–H and O–H groups in total. The molecule has 0 aliphatic carbocycles. The molecule has 9 rings (SSSR count). The fourth-order valence-electron chi connectivity index (χ4n) is 11.0. The number of thioether (sulfide) groups is 1. The van der Waals surface area contributed by atoms with Gasteiger partial charge in [0.05, 0.1) is 35.8 Å². The molecular formula is C58H67ClF3N11O5S. The zero-order valence-electron chi connectivity index (χ0n) is 45.3. The van der Waals surface area contributed by atoms with Crippen molar-refractivity contribution in [2.24, 2.45) is 5.10 Å². The van der Waals surface area contributed by atoms with E-state index in [9.17, 15) is 28.4 Å². The molecule has 0 saturated carbocycles. The predicted molar refractivity (Wildman–Crippen MR) is 301 cm³/mol. The zero-order valence-corrected chi connectivity index (χ0v) is 46.8. The van der Waals surface area contributed by atoms with E-state index in [1.54, 1.807) is 32.7 Å². The van der Waals surface area contributed by atoms with Gasteiger partial charge in [-0.15, -0.1) is 0 Å². The Morgan fingerprint density at radius 2 is 1.76 bits per heavy atom. The molecule has 2 saturated heterocycles. The number of urea groups is 1. The lowest BCUT2D eigenvalue weighted by Crippen LogP contribution is -2.57. The van der Waals surface area contributed by atoms with Gasteiger partial charge in [-0.3, -0.25) is 9.69 Å². The van der Waals surface area contributed by atoms with Crippen LogP contribution in [0.4, 0.5) is 34.3 Å². The van der Waals surface area contributed by atoms with Crippen LogP contribution in [0.5, 0.6) is 6.01 Å². The number of alkyl halides is 1. The van der Waals surface area contributed by atoms with Gasteiger partial charge in [-0.1, -0.05) is 78.0 Å². The molecule has 0 bridgehead atoms. The Hall–Kier alpha value is -6.82. The number of nitriles is 1. The highest BCUT2D eigenvalue weighted by molar-refractivity contribution is 8.15. The summed E-state index contributed by atoms with van der Waals surface area (Å²) in [6.07, 6.45) is 1.47. The molecule has 79 heavy (non-hydrogen) atoms. The number of halogens is 4. The molecule has 0 spiro atoms. The van der Waals surface area contributed by atoms with Crippen LogP contribution in [0.2, 0.25) is 5.02 Å². The Morgan fingerprint density at radius 1 is 0.975 bits per heavy atom. The first-order chi connectivity index (χ1) is 37.9. The number of nitrogens with one attached hydrogen (secondary N) is 1. The summed E-state index contributed by atoms with van der Waals surface area (Å²) < 4.78 is 56.6. The van der Waals surface area contributed by atoms with Gasteiger partial charge >= 0.3 is 18.1 Å². The van der Waals surface area contributed by atoms with Crippen molar-refractivity contribution in [3.8, 4) is 12.1 Å². The third-order valence-corrected chi connectivity index (χ3v) is 16.6. The van der Waals surface area contributed by atoms with Crippen LogP contribution in [-0.2, 0) is 27.4 Å². The monoisotopic (exact) mass is 1120 g/mol. The summed E-state index contributed by atoms with van der Waals surface area (Å²) in [5.74, 6) is -1.27. The number of hydrogen-bond donors (Lipinski definition) is 1. The normalized spacial score (nSPS) is 19.9.